The van der Waals surface area contributed by atoms with Crippen molar-refractivity contribution in [3.63, 3.8) is 0 Å². The fourth-order valence-electron chi connectivity index (χ4n) is 1.63. The zero-order chi connectivity index (χ0) is 14.5. The van der Waals surface area contributed by atoms with Crippen LogP contribution in [0.15, 0.2) is 29.2 Å². The number of carboxylic acids is 1. The minimum absolute atomic E-state index is 0.356. The standard InChI is InChI=1S/C12H14N4O3S/c1-16-6-9(5-14-16)10(11(17)18)15-12(19)13-4-8-2-3-20-7-8/h2-3,5-7,10H,4H2,1H3,(H,17,18)(H2,13,15,19). The van der Waals surface area contributed by atoms with Gasteiger partial charge in [0, 0.05) is 25.4 Å². The molecule has 0 radical (unpaired) electrons. The van der Waals surface area contributed by atoms with Crippen LogP contribution in [0.3, 0.4) is 0 Å². The summed E-state index contributed by atoms with van der Waals surface area (Å²) < 4.78 is 1.48. The summed E-state index contributed by atoms with van der Waals surface area (Å²) in [5, 5.41) is 21.9. The van der Waals surface area contributed by atoms with E-state index >= 15 is 0 Å². The van der Waals surface area contributed by atoms with Gasteiger partial charge in [-0.25, -0.2) is 9.59 Å². The maximum absolute atomic E-state index is 11.7. The number of nitrogens with one attached hydrogen (secondary N) is 2. The summed E-state index contributed by atoms with van der Waals surface area (Å²) in [6.07, 6.45) is 2.97. The maximum atomic E-state index is 11.7. The highest BCUT2D eigenvalue weighted by atomic mass is 32.1. The third-order valence-electron chi connectivity index (χ3n) is 2.61. The molecule has 0 bridgehead atoms. The summed E-state index contributed by atoms with van der Waals surface area (Å²) in [5.41, 5.74) is 1.39. The lowest BCUT2D eigenvalue weighted by Crippen LogP contribution is -2.40. The number of thiophene rings is 1. The lowest BCUT2D eigenvalue weighted by molar-refractivity contribution is -0.139. The summed E-state index contributed by atoms with van der Waals surface area (Å²) in [6, 6.07) is 0.236. The van der Waals surface area contributed by atoms with Crippen molar-refractivity contribution < 1.29 is 14.7 Å². The zero-order valence-electron chi connectivity index (χ0n) is 10.7. The van der Waals surface area contributed by atoms with Crippen molar-refractivity contribution in [2.45, 2.75) is 12.6 Å². The van der Waals surface area contributed by atoms with Gasteiger partial charge in [-0.1, -0.05) is 0 Å². The fourth-order valence-corrected chi connectivity index (χ4v) is 2.30. The second kappa shape index (κ2) is 6.20. The average molecular weight is 294 g/mol. The topological polar surface area (TPSA) is 96.2 Å². The molecule has 3 N–H and O–H groups in total. The molecule has 0 fully saturated rings. The van der Waals surface area contributed by atoms with Gasteiger partial charge in [0.05, 0.1) is 6.20 Å². The van der Waals surface area contributed by atoms with Crippen LogP contribution in [-0.2, 0) is 18.4 Å². The maximum Gasteiger partial charge on any atom is 0.331 e. The summed E-state index contributed by atoms with van der Waals surface area (Å²) in [7, 11) is 1.68. The second-order valence-electron chi connectivity index (χ2n) is 4.18. The quantitative estimate of drug-likeness (QED) is 0.769. The number of rotatable bonds is 5. The van der Waals surface area contributed by atoms with E-state index < -0.39 is 18.0 Å². The van der Waals surface area contributed by atoms with Gasteiger partial charge in [0.2, 0.25) is 0 Å². The van der Waals surface area contributed by atoms with Gasteiger partial charge < -0.3 is 15.7 Å². The second-order valence-corrected chi connectivity index (χ2v) is 4.96. The molecule has 0 aliphatic heterocycles. The molecule has 7 nitrogen and oxygen atoms in total. The van der Waals surface area contributed by atoms with E-state index in [1.165, 1.54) is 22.2 Å². The van der Waals surface area contributed by atoms with E-state index in [0.29, 0.717) is 12.1 Å². The van der Waals surface area contributed by atoms with Crippen LogP contribution in [0.25, 0.3) is 0 Å². The van der Waals surface area contributed by atoms with Gasteiger partial charge in [-0.2, -0.15) is 16.4 Å². The highest BCUT2D eigenvalue weighted by molar-refractivity contribution is 7.07. The van der Waals surface area contributed by atoms with Crippen LogP contribution in [0.2, 0.25) is 0 Å². The van der Waals surface area contributed by atoms with Crippen LogP contribution < -0.4 is 10.6 Å². The van der Waals surface area contributed by atoms with Crippen molar-refractivity contribution in [3.8, 4) is 0 Å². The highest BCUT2D eigenvalue weighted by Crippen LogP contribution is 2.11. The third kappa shape index (κ3) is 3.58. The van der Waals surface area contributed by atoms with E-state index in [9.17, 15) is 9.59 Å². The van der Waals surface area contributed by atoms with E-state index in [-0.39, 0.29) is 0 Å². The number of amides is 2. The number of aliphatic carboxylic acids is 1. The molecule has 2 aromatic rings. The van der Waals surface area contributed by atoms with Crippen LogP contribution in [0.1, 0.15) is 17.2 Å². The molecule has 1 atom stereocenters. The molecule has 0 aliphatic carbocycles. The Kier molecular flexibility index (Phi) is 4.36. The number of urea groups is 1. The Hall–Kier alpha value is -2.35. The van der Waals surface area contributed by atoms with Crippen LogP contribution in [0, 0.1) is 0 Å². The Morgan fingerprint density at radius 3 is 2.90 bits per heavy atom. The lowest BCUT2D eigenvalue weighted by atomic mass is 10.1. The van der Waals surface area contributed by atoms with Gasteiger partial charge in [-0.05, 0) is 22.4 Å². The van der Waals surface area contributed by atoms with Gasteiger partial charge in [0.25, 0.3) is 0 Å². The molecule has 0 saturated carbocycles. The molecule has 0 saturated heterocycles. The molecule has 106 valence electrons. The minimum atomic E-state index is -1.14. The highest BCUT2D eigenvalue weighted by Gasteiger charge is 2.23. The summed E-state index contributed by atoms with van der Waals surface area (Å²) in [4.78, 5) is 22.9. The van der Waals surface area contributed by atoms with Crippen LogP contribution in [0.4, 0.5) is 4.79 Å². The monoisotopic (exact) mass is 294 g/mol. The van der Waals surface area contributed by atoms with Crippen molar-refractivity contribution >= 4 is 23.3 Å². The Bertz CT molecular complexity index is 594. The van der Waals surface area contributed by atoms with Crippen LogP contribution in [-0.4, -0.2) is 26.9 Å². The van der Waals surface area contributed by atoms with Gasteiger partial charge in [-0.15, -0.1) is 0 Å². The molecule has 2 amide bonds. The SMILES string of the molecule is Cn1cc(C(NC(=O)NCc2ccsc2)C(=O)O)cn1. The molecule has 2 heterocycles. The largest absolute Gasteiger partial charge is 0.479 e. The summed E-state index contributed by atoms with van der Waals surface area (Å²) in [6.45, 7) is 0.356. The number of hydrogen-bond acceptors (Lipinski definition) is 4. The minimum Gasteiger partial charge on any atom is -0.479 e. The molecule has 8 heteroatoms. The zero-order valence-corrected chi connectivity index (χ0v) is 11.6. The first-order valence-corrected chi connectivity index (χ1v) is 6.77. The predicted molar refractivity (Wildman–Crippen MR) is 73.3 cm³/mol. The van der Waals surface area contributed by atoms with E-state index in [1.54, 1.807) is 13.2 Å². The van der Waals surface area contributed by atoms with Crippen LogP contribution >= 0.6 is 11.3 Å². The van der Waals surface area contributed by atoms with Gasteiger partial charge in [-0.3, -0.25) is 4.68 Å². The van der Waals surface area contributed by atoms with E-state index in [1.807, 2.05) is 16.8 Å². The van der Waals surface area contributed by atoms with Gasteiger partial charge in [0.15, 0.2) is 6.04 Å². The Morgan fingerprint density at radius 2 is 2.35 bits per heavy atom. The van der Waals surface area contributed by atoms with Crippen molar-refractivity contribution in [2.24, 2.45) is 7.05 Å². The van der Waals surface area contributed by atoms with Gasteiger partial charge >= 0.3 is 12.0 Å². The van der Waals surface area contributed by atoms with E-state index in [2.05, 4.69) is 15.7 Å². The normalized spacial score (nSPS) is 11.8. The number of carbonyl (C=O) groups is 2. The molecule has 20 heavy (non-hydrogen) atoms. The number of carboxylic acid groups (broad SMARTS) is 1. The smallest absolute Gasteiger partial charge is 0.331 e. The van der Waals surface area contributed by atoms with E-state index in [0.717, 1.165) is 5.56 Å². The van der Waals surface area contributed by atoms with Crippen molar-refractivity contribution in [3.05, 3.63) is 40.3 Å². The molecular formula is C12H14N4O3S. The first-order valence-electron chi connectivity index (χ1n) is 5.83. The molecule has 2 aromatic heterocycles. The predicted octanol–water partition coefficient (Wildman–Crippen LogP) is 1.11. The number of aromatic nitrogens is 2. The van der Waals surface area contributed by atoms with Crippen molar-refractivity contribution in [1.29, 1.82) is 0 Å². The van der Waals surface area contributed by atoms with E-state index in [4.69, 9.17) is 5.11 Å². The van der Waals surface area contributed by atoms with Gasteiger partial charge in [0.1, 0.15) is 0 Å². The number of nitrogens with zero attached hydrogens (tertiary/aromatic N) is 2. The van der Waals surface area contributed by atoms with Crippen molar-refractivity contribution in [1.82, 2.24) is 20.4 Å². The van der Waals surface area contributed by atoms with Crippen LogP contribution in [0.5, 0.6) is 0 Å². The molecule has 0 spiro atoms. The third-order valence-corrected chi connectivity index (χ3v) is 3.35. The average Bonchev–Trinajstić information content (AvgIpc) is 3.04. The Morgan fingerprint density at radius 1 is 1.55 bits per heavy atom. The number of hydrogen-bond donors (Lipinski definition) is 3. The molecule has 0 aliphatic rings. The molecule has 2 rings (SSSR count). The first-order chi connectivity index (χ1) is 9.56. The first kappa shape index (κ1) is 14.1. The van der Waals surface area contributed by atoms with Crippen molar-refractivity contribution in [2.75, 3.05) is 0 Å². The number of aryl methyl sites for hydroxylation is 1. The lowest BCUT2D eigenvalue weighted by Gasteiger charge is -2.13. The number of carbonyl (C=O) groups excluding carboxylic acids is 1. The Balaban J connectivity index is 1.94. The molecular weight excluding hydrogens is 280 g/mol. The molecule has 1 unspecified atom stereocenters. The molecule has 0 aromatic carbocycles. The summed E-state index contributed by atoms with van der Waals surface area (Å²) >= 11 is 1.53. The fraction of sp³-hybridized carbons (Fsp3) is 0.250. The Labute approximate surface area is 119 Å². The summed E-state index contributed by atoms with van der Waals surface area (Å²) in [5.74, 6) is -1.14.